The van der Waals surface area contributed by atoms with Crippen molar-refractivity contribution in [2.45, 2.75) is 64.1 Å². The number of methoxy groups -OCH3 is 1. The van der Waals surface area contributed by atoms with Crippen LogP contribution in [0.5, 0.6) is 0 Å². The van der Waals surface area contributed by atoms with Gasteiger partial charge in [0.25, 0.3) is 0 Å². The number of hydrogen-bond donors (Lipinski definition) is 2. The summed E-state index contributed by atoms with van der Waals surface area (Å²) < 4.78 is 7.77. The molecule has 0 amide bonds. The third-order valence-corrected chi connectivity index (χ3v) is 4.36. The molecule has 2 atom stereocenters. The normalized spacial score (nSPS) is 19.9. The highest BCUT2D eigenvalue weighted by molar-refractivity contribution is 5.13. The second-order valence-electron chi connectivity index (χ2n) is 5.78. The number of hydrazine groups is 1. The molecule has 114 valence electrons. The van der Waals surface area contributed by atoms with Crippen molar-refractivity contribution in [3.05, 3.63) is 18.0 Å². The highest BCUT2D eigenvalue weighted by atomic mass is 16.5. The molecule has 1 aromatic heterocycles. The summed E-state index contributed by atoms with van der Waals surface area (Å²) >= 11 is 0. The van der Waals surface area contributed by atoms with E-state index in [2.05, 4.69) is 23.6 Å². The lowest BCUT2D eigenvalue weighted by atomic mass is 9.81. The molecule has 1 aromatic rings. The standard InChI is InChI=1S/C15H28N4O/c1-3-9-19-11-13(10-17-19)14(18-16)15(20-2)12-7-5-4-6-8-12/h10-12,14-15,18H,3-9,16H2,1-2H3. The van der Waals surface area contributed by atoms with Gasteiger partial charge in [0, 0.05) is 25.4 Å². The SMILES string of the molecule is CCCn1cc(C(NN)C(OC)C2CCCCC2)cn1. The van der Waals surface area contributed by atoms with Gasteiger partial charge in [-0.1, -0.05) is 26.2 Å². The Kier molecular flexibility index (Phi) is 6.01. The minimum Gasteiger partial charge on any atom is -0.379 e. The molecule has 2 unspecified atom stereocenters. The molecule has 0 bridgehead atoms. The van der Waals surface area contributed by atoms with Crippen molar-refractivity contribution in [3.63, 3.8) is 0 Å². The Morgan fingerprint density at radius 2 is 2.20 bits per heavy atom. The highest BCUT2D eigenvalue weighted by Gasteiger charge is 2.31. The van der Waals surface area contributed by atoms with Crippen LogP contribution in [0.2, 0.25) is 0 Å². The minimum absolute atomic E-state index is 0.0220. The Labute approximate surface area is 121 Å². The molecule has 1 fully saturated rings. The monoisotopic (exact) mass is 280 g/mol. The number of hydrogen-bond acceptors (Lipinski definition) is 4. The molecule has 5 heteroatoms. The van der Waals surface area contributed by atoms with E-state index in [-0.39, 0.29) is 12.1 Å². The summed E-state index contributed by atoms with van der Waals surface area (Å²) in [7, 11) is 1.79. The van der Waals surface area contributed by atoms with E-state index in [0.717, 1.165) is 18.5 Å². The van der Waals surface area contributed by atoms with Gasteiger partial charge < -0.3 is 4.74 Å². The van der Waals surface area contributed by atoms with Crippen LogP contribution in [0.4, 0.5) is 0 Å². The summed E-state index contributed by atoms with van der Waals surface area (Å²) in [6.45, 7) is 3.10. The van der Waals surface area contributed by atoms with Gasteiger partial charge in [-0.25, -0.2) is 0 Å². The number of nitrogens with two attached hydrogens (primary N) is 1. The minimum atomic E-state index is 0.0220. The van der Waals surface area contributed by atoms with Gasteiger partial charge in [0.2, 0.25) is 0 Å². The van der Waals surface area contributed by atoms with Gasteiger partial charge in [-0.2, -0.15) is 5.10 Å². The van der Waals surface area contributed by atoms with Gasteiger partial charge in [-0.15, -0.1) is 0 Å². The number of ether oxygens (including phenoxy) is 1. The van der Waals surface area contributed by atoms with Crippen LogP contribution in [0.15, 0.2) is 12.4 Å². The van der Waals surface area contributed by atoms with Crippen LogP contribution in [-0.2, 0) is 11.3 Å². The van der Waals surface area contributed by atoms with Crippen molar-refractivity contribution in [1.82, 2.24) is 15.2 Å². The van der Waals surface area contributed by atoms with Crippen LogP contribution in [0.3, 0.4) is 0 Å². The average molecular weight is 280 g/mol. The van der Waals surface area contributed by atoms with Gasteiger partial charge in [-0.05, 0) is 25.2 Å². The first-order valence-electron chi connectivity index (χ1n) is 7.81. The molecule has 1 aliphatic rings. The van der Waals surface area contributed by atoms with E-state index in [1.54, 1.807) is 7.11 Å². The first-order chi connectivity index (χ1) is 9.80. The summed E-state index contributed by atoms with van der Waals surface area (Å²) in [6, 6.07) is 0.0220. The topological polar surface area (TPSA) is 65.1 Å². The second kappa shape index (κ2) is 7.76. The fourth-order valence-corrected chi connectivity index (χ4v) is 3.34. The van der Waals surface area contributed by atoms with Crippen LogP contribution in [0.25, 0.3) is 0 Å². The number of aryl methyl sites for hydroxylation is 1. The van der Waals surface area contributed by atoms with Gasteiger partial charge in [-0.3, -0.25) is 16.0 Å². The Hall–Kier alpha value is -0.910. The van der Waals surface area contributed by atoms with Gasteiger partial charge >= 0.3 is 0 Å². The van der Waals surface area contributed by atoms with Crippen molar-refractivity contribution in [2.24, 2.45) is 11.8 Å². The predicted molar refractivity (Wildman–Crippen MR) is 80.0 cm³/mol. The molecular formula is C15H28N4O. The van der Waals surface area contributed by atoms with Crippen LogP contribution >= 0.6 is 0 Å². The molecule has 5 nitrogen and oxygen atoms in total. The molecule has 3 N–H and O–H groups in total. The zero-order chi connectivity index (χ0) is 14.4. The molecule has 2 rings (SSSR count). The molecule has 0 aliphatic heterocycles. The summed E-state index contributed by atoms with van der Waals surface area (Å²) in [4.78, 5) is 0. The van der Waals surface area contributed by atoms with Gasteiger partial charge in [0.15, 0.2) is 0 Å². The Bertz CT molecular complexity index is 387. The Morgan fingerprint density at radius 3 is 2.80 bits per heavy atom. The van der Waals surface area contributed by atoms with Crippen molar-refractivity contribution < 1.29 is 4.74 Å². The molecular weight excluding hydrogens is 252 g/mol. The van der Waals surface area contributed by atoms with E-state index in [1.807, 2.05) is 10.9 Å². The quantitative estimate of drug-likeness (QED) is 0.594. The lowest BCUT2D eigenvalue weighted by Gasteiger charge is -2.34. The molecule has 0 saturated heterocycles. The van der Waals surface area contributed by atoms with E-state index >= 15 is 0 Å². The lowest BCUT2D eigenvalue weighted by Crippen LogP contribution is -2.42. The number of nitrogens with one attached hydrogen (secondary N) is 1. The molecule has 1 heterocycles. The zero-order valence-corrected chi connectivity index (χ0v) is 12.7. The van der Waals surface area contributed by atoms with Gasteiger partial charge in [0.1, 0.15) is 0 Å². The summed E-state index contributed by atoms with van der Waals surface area (Å²) in [5, 5.41) is 4.40. The number of rotatable bonds is 7. The largest absolute Gasteiger partial charge is 0.379 e. The Balaban J connectivity index is 2.10. The van der Waals surface area contributed by atoms with Crippen molar-refractivity contribution >= 4 is 0 Å². The van der Waals surface area contributed by atoms with Crippen LogP contribution in [0.1, 0.15) is 57.1 Å². The molecule has 1 aliphatic carbocycles. The highest BCUT2D eigenvalue weighted by Crippen LogP contribution is 2.33. The van der Waals surface area contributed by atoms with E-state index in [1.165, 1.54) is 32.1 Å². The summed E-state index contributed by atoms with van der Waals surface area (Å²) in [6.07, 6.45) is 11.6. The zero-order valence-electron chi connectivity index (χ0n) is 12.7. The third kappa shape index (κ3) is 3.59. The predicted octanol–water partition coefficient (Wildman–Crippen LogP) is 2.39. The third-order valence-electron chi connectivity index (χ3n) is 4.36. The van der Waals surface area contributed by atoms with Crippen molar-refractivity contribution in [3.8, 4) is 0 Å². The van der Waals surface area contributed by atoms with Crippen LogP contribution in [0, 0.1) is 5.92 Å². The van der Waals surface area contributed by atoms with Gasteiger partial charge in [0.05, 0.1) is 18.3 Å². The lowest BCUT2D eigenvalue weighted by molar-refractivity contribution is 0.00747. The molecule has 1 saturated carbocycles. The maximum atomic E-state index is 5.80. The molecule has 20 heavy (non-hydrogen) atoms. The summed E-state index contributed by atoms with van der Waals surface area (Å²) in [5.74, 6) is 6.39. The molecule has 0 radical (unpaired) electrons. The smallest absolute Gasteiger partial charge is 0.0808 e. The van der Waals surface area contributed by atoms with E-state index in [0.29, 0.717) is 5.92 Å². The fourth-order valence-electron chi connectivity index (χ4n) is 3.34. The maximum absolute atomic E-state index is 5.80. The molecule has 0 spiro atoms. The number of nitrogens with zero attached hydrogens (tertiary/aromatic N) is 2. The van der Waals surface area contributed by atoms with E-state index < -0.39 is 0 Å². The van der Waals surface area contributed by atoms with E-state index in [4.69, 9.17) is 10.6 Å². The number of aromatic nitrogens is 2. The average Bonchev–Trinajstić information content (AvgIpc) is 2.94. The van der Waals surface area contributed by atoms with Crippen molar-refractivity contribution in [2.75, 3.05) is 7.11 Å². The molecule has 0 aromatic carbocycles. The van der Waals surface area contributed by atoms with E-state index in [9.17, 15) is 0 Å². The summed E-state index contributed by atoms with van der Waals surface area (Å²) in [5.41, 5.74) is 4.07. The first-order valence-corrected chi connectivity index (χ1v) is 7.81. The van der Waals surface area contributed by atoms with Crippen molar-refractivity contribution in [1.29, 1.82) is 0 Å². The second-order valence-corrected chi connectivity index (χ2v) is 5.78. The first kappa shape index (κ1) is 15.5. The van der Waals surface area contributed by atoms with Crippen LogP contribution in [-0.4, -0.2) is 23.0 Å². The Morgan fingerprint density at radius 1 is 1.45 bits per heavy atom. The fraction of sp³-hybridized carbons (Fsp3) is 0.800. The maximum Gasteiger partial charge on any atom is 0.0808 e. The van der Waals surface area contributed by atoms with Crippen LogP contribution < -0.4 is 11.3 Å².